The van der Waals surface area contributed by atoms with Gasteiger partial charge in [-0.2, -0.15) is 0 Å². The van der Waals surface area contributed by atoms with Crippen LogP contribution in [-0.4, -0.2) is 33.0 Å². The average Bonchev–Trinajstić information content (AvgIpc) is 2.30. The highest BCUT2D eigenvalue weighted by Crippen LogP contribution is 2.33. The number of benzene rings is 1. The number of hydrogen-bond acceptors (Lipinski definition) is 3. The summed E-state index contributed by atoms with van der Waals surface area (Å²) in [6.07, 6.45) is 0.678. The number of sulfone groups is 1. The van der Waals surface area contributed by atoms with Crippen LogP contribution in [0.2, 0.25) is 5.02 Å². The summed E-state index contributed by atoms with van der Waals surface area (Å²) in [4.78, 5) is 0. The highest BCUT2D eigenvalue weighted by molar-refractivity contribution is 7.91. The molecule has 100 valence electrons. The Balaban J connectivity index is 2.14. The van der Waals surface area contributed by atoms with Crippen LogP contribution >= 0.6 is 11.6 Å². The molecule has 1 aliphatic rings. The summed E-state index contributed by atoms with van der Waals surface area (Å²) in [6.45, 7) is 3.38. The molecule has 1 saturated heterocycles. The molecular formula is C13H18ClNO2S. The second-order valence-corrected chi connectivity index (χ2v) is 7.79. The fraction of sp³-hybridized carbons (Fsp3) is 0.538. The Morgan fingerprint density at radius 1 is 1.28 bits per heavy atom. The van der Waals surface area contributed by atoms with Crippen molar-refractivity contribution in [3.63, 3.8) is 0 Å². The van der Waals surface area contributed by atoms with Gasteiger partial charge in [0.15, 0.2) is 0 Å². The molecule has 1 aromatic carbocycles. The van der Waals surface area contributed by atoms with Crippen molar-refractivity contribution in [3.8, 4) is 0 Å². The maximum atomic E-state index is 11.6. The minimum absolute atomic E-state index is 0.0349. The average molecular weight is 288 g/mol. The van der Waals surface area contributed by atoms with Crippen molar-refractivity contribution in [1.82, 2.24) is 5.32 Å². The summed E-state index contributed by atoms with van der Waals surface area (Å²) in [7, 11) is -2.90. The predicted molar refractivity (Wildman–Crippen MR) is 74.9 cm³/mol. The van der Waals surface area contributed by atoms with E-state index in [2.05, 4.69) is 5.32 Å². The van der Waals surface area contributed by atoms with E-state index in [4.69, 9.17) is 11.6 Å². The molecule has 2 rings (SSSR count). The van der Waals surface area contributed by atoms with Crippen LogP contribution in [-0.2, 0) is 15.3 Å². The number of nitrogens with one attached hydrogen (secondary N) is 1. The van der Waals surface area contributed by atoms with E-state index in [-0.39, 0.29) is 16.9 Å². The van der Waals surface area contributed by atoms with Gasteiger partial charge in [0.05, 0.1) is 5.75 Å². The standard InChI is InChI=1S/C13H18ClNO2S/c1-2-18(16,17)8-7-13(9-15-10-13)11-3-5-12(14)6-4-11/h3-6,15H,2,7-10H2,1H3. The molecule has 0 bridgehead atoms. The van der Waals surface area contributed by atoms with Gasteiger partial charge in [0, 0.05) is 29.3 Å². The third-order valence-corrected chi connectivity index (χ3v) is 5.67. The van der Waals surface area contributed by atoms with Gasteiger partial charge in [-0.3, -0.25) is 0 Å². The molecule has 0 aliphatic carbocycles. The summed E-state index contributed by atoms with van der Waals surface area (Å²) in [5, 5.41) is 3.95. The molecule has 0 aromatic heterocycles. The lowest BCUT2D eigenvalue weighted by molar-refractivity contribution is 0.268. The molecule has 0 unspecified atom stereocenters. The van der Waals surface area contributed by atoms with Crippen LogP contribution in [0.15, 0.2) is 24.3 Å². The smallest absolute Gasteiger partial charge is 0.150 e. The predicted octanol–water partition coefficient (Wildman–Crippen LogP) is 2.01. The normalized spacial score (nSPS) is 18.3. The van der Waals surface area contributed by atoms with E-state index in [1.54, 1.807) is 6.92 Å². The Hall–Kier alpha value is -0.580. The first kappa shape index (κ1) is 13.8. The Labute approximate surface area is 113 Å². The van der Waals surface area contributed by atoms with Crippen LogP contribution < -0.4 is 5.32 Å². The molecule has 0 saturated carbocycles. The molecule has 18 heavy (non-hydrogen) atoms. The fourth-order valence-electron chi connectivity index (χ4n) is 2.25. The lowest BCUT2D eigenvalue weighted by Crippen LogP contribution is -2.57. The summed E-state index contributed by atoms with van der Waals surface area (Å²) < 4.78 is 23.3. The Morgan fingerprint density at radius 2 is 1.89 bits per heavy atom. The van der Waals surface area contributed by atoms with Gasteiger partial charge in [-0.1, -0.05) is 30.7 Å². The molecule has 0 atom stereocenters. The van der Waals surface area contributed by atoms with Crippen molar-refractivity contribution in [2.24, 2.45) is 0 Å². The number of halogens is 1. The van der Waals surface area contributed by atoms with Crippen molar-refractivity contribution in [3.05, 3.63) is 34.9 Å². The summed E-state index contributed by atoms with van der Waals surface area (Å²) in [5.74, 6) is 0.477. The molecule has 1 aromatic rings. The van der Waals surface area contributed by atoms with Gasteiger partial charge < -0.3 is 5.32 Å². The second-order valence-electron chi connectivity index (χ2n) is 4.88. The van der Waals surface area contributed by atoms with Crippen LogP contribution in [0.1, 0.15) is 18.9 Å². The minimum atomic E-state index is -2.90. The molecule has 0 radical (unpaired) electrons. The lowest BCUT2D eigenvalue weighted by Gasteiger charge is -2.43. The molecule has 1 fully saturated rings. The van der Waals surface area contributed by atoms with Crippen molar-refractivity contribution >= 4 is 21.4 Å². The van der Waals surface area contributed by atoms with E-state index < -0.39 is 9.84 Å². The Morgan fingerprint density at radius 3 is 2.33 bits per heavy atom. The van der Waals surface area contributed by atoms with Gasteiger partial charge in [-0.25, -0.2) is 8.42 Å². The zero-order valence-electron chi connectivity index (χ0n) is 10.4. The zero-order chi connectivity index (χ0) is 13.2. The van der Waals surface area contributed by atoms with E-state index in [0.29, 0.717) is 11.4 Å². The quantitative estimate of drug-likeness (QED) is 0.901. The van der Waals surface area contributed by atoms with Crippen molar-refractivity contribution in [2.45, 2.75) is 18.8 Å². The molecule has 0 amide bonds. The summed E-state index contributed by atoms with van der Waals surface area (Å²) >= 11 is 5.88. The van der Waals surface area contributed by atoms with E-state index in [1.165, 1.54) is 5.56 Å². The van der Waals surface area contributed by atoms with Crippen LogP contribution in [0.25, 0.3) is 0 Å². The lowest BCUT2D eigenvalue weighted by atomic mass is 9.73. The topological polar surface area (TPSA) is 46.2 Å². The molecule has 3 nitrogen and oxygen atoms in total. The van der Waals surface area contributed by atoms with Gasteiger partial charge in [0.1, 0.15) is 9.84 Å². The minimum Gasteiger partial charge on any atom is -0.315 e. The van der Waals surface area contributed by atoms with Crippen LogP contribution in [0.5, 0.6) is 0 Å². The van der Waals surface area contributed by atoms with Gasteiger partial charge in [-0.05, 0) is 24.1 Å². The maximum absolute atomic E-state index is 11.6. The van der Waals surface area contributed by atoms with Gasteiger partial charge in [0.25, 0.3) is 0 Å². The third kappa shape index (κ3) is 2.87. The SMILES string of the molecule is CCS(=O)(=O)CCC1(c2ccc(Cl)cc2)CNC1. The van der Waals surface area contributed by atoms with Crippen LogP contribution in [0.4, 0.5) is 0 Å². The molecule has 1 N–H and O–H groups in total. The van der Waals surface area contributed by atoms with E-state index >= 15 is 0 Å². The highest BCUT2D eigenvalue weighted by Gasteiger charge is 2.39. The summed E-state index contributed by atoms with van der Waals surface area (Å²) in [6, 6.07) is 7.74. The van der Waals surface area contributed by atoms with E-state index in [9.17, 15) is 8.42 Å². The highest BCUT2D eigenvalue weighted by atomic mass is 35.5. The summed E-state index contributed by atoms with van der Waals surface area (Å²) in [5.41, 5.74) is 1.14. The zero-order valence-corrected chi connectivity index (χ0v) is 12.0. The Bertz CT molecular complexity index is 506. The van der Waals surface area contributed by atoms with Crippen molar-refractivity contribution in [2.75, 3.05) is 24.6 Å². The van der Waals surface area contributed by atoms with Crippen LogP contribution in [0, 0.1) is 0 Å². The van der Waals surface area contributed by atoms with Crippen molar-refractivity contribution < 1.29 is 8.42 Å². The first-order valence-electron chi connectivity index (χ1n) is 6.15. The fourth-order valence-corrected chi connectivity index (χ4v) is 3.37. The first-order valence-corrected chi connectivity index (χ1v) is 8.35. The Kier molecular flexibility index (Phi) is 3.99. The molecule has 1 aliphatic heterocycles. The molecule has 1 heterocycles. The molecular weight excluding hydrogens is 270 g/mol. The third-order valence-electron chi connectivity index (χ3n) is 3.71. The van der Waals surface area contributed by atoms with Gasteiger partial charge in [-0.15, -0.1) is 0 Å². The van der Waals surface area contributed by atoms with Crippen LogP contribution in [0.3, 0.4) is 0 Å². The first-order chi connectivity index (χ1) is 8.47. The van der Waals surface area contributed by atoms with Gasteiger partial charge >= 0.3 is 0 Å². The van der Waals surface area contributed by atoms with E-state index in [0.717, 1.165) is 13.1 Å². The number of rotatable bonds is 5. The van der Waals surface area contributed by atoms with Gasteiger partial charge in [0.2, 0.25) is 0 Å². The monoisotopic (exact) mass is 287 g/mol. The largest absolute Gasteiger partial charge is 0.315 e. The maximum Gasteiger partial charge on any atom is 0.150 e. The molecule has 0 spiro atoms. The molecule has 5 heteroatoms. The second kappa shape index (κ2) is 5.19. The van der Waals surface area contributed by atoms with E-state index in [1.807, 2.05) is 24.3 Å². The number of hydrogen-bond donors (Lipinski definition) is 1. The van der Waals surface area contributed by atoms with Crippen molar-refractivity contribution in [1.29, 1.82) is 0 Å².